The minimum Gasteiger partial charge on any atom is -0.332 e. The second-order valence-corrected chi connectivity index (χ2v) is 9.47. The van der Waals surface area contributed by atoms with Crippen LogP contribution in [-0.4, -0.2) is 26.5 Å². The fraction of sp³-hybridized carbons (Fsp3) is 0.0435. The highest BCUT2D eigenvalue weighted by Gasteiger charge is 2.21. The first-order valence-corrected chi connectivity index (χ1v) is 11.7. The van der Waals surface area contributed by atoms with Gasteiger partial charge in [-0.3, -0.25) is 14.4 Å². The van der Waals surface area contributed by atoms with Crippen molar-refractivity contribution in [2.45, 2.75) is 4.90 Å². The van der Waals surface area contributed by atoms with E-state index < -0.39 is 15.9 Å². The van der Waals surface area contributed by atoms with E-state index >= 15 is 0 Å². The summed E-state index contributed by atoms with van der Waals surface area (Å²) in [4.78, 5) is 12.2. The van der Waals surface area contributed by atoms with Gasteiger partial charge >= 0.3 is 0 Å². The number of nitrogens with zero attached hydrogens (tertiary/aromatic N) is 1. The molecular formula is C23H20ClN3O3S2. The van der Waals surface area contributed by atoms with E-state index in [0.717, 1.165) is 5.56 Å². The van der Waals surface area contributed by atoms with Crippen LogP contribution in [0.3, 0.4) is 0 Å². The molecule has 0 saturated carbocycles. The third kappa shape index (κ3) is 6.16. The maximum Gasteiger partial charge on any atom is 0.264 e. The van der Waals surface area contributed by atoms with E-state index in [1.54, 1.807) is 66.7 Å². The number of halogens is 1. The molecule has 0 saturated heterocycles. The number of anilines is 2. The van der Waals surface area contributed by atoms with Crippen LogP contribution in [0.2, 0.25) is 5.02 Å². The van der Waals surface area contributed by atoms with Gasteiger partial charge in [0.2, 0.25) is 5.91 Å². The smallest absolute Gasteiger partial charge is 0.264 e. The molecule has 3 rings (SSSR count). The lowest BCUT2D eigenvalue weighted by Gasteiger charge is -2.19. The Bertz CT molecular complexity index is 1230. The summed E-state index contributed by atoms with van der Waals surface area (Å²) in [5.74, 6) is -0.402. The standard InChI is InChI=1S/C23H20ClN3O3S2/c1-27(20-5-3-2-4-6-20)32(29,30)21-14-12-19(13-15-21)25-23(31)26-22(28)16-9-17-7-10-18(24)11-8-17/h2-16H,1H3,(H2,25,26,28,31)/b16-9+. The van der Waals surface area contributed by atoms with Gasteiger partial charge in [0.25, 0.3) is 10.0 Å². The Balaban J connectivity index is 1.59. The van der Waals surface area contributed by atoms with Crippen molar-refractivity contribution in [2.75, 3.05) is 16.7 Å². The predicted octanol–water partition coefficient (Wildman–Crippen LogP) is 4.69. The van der Waals surface area contributed by atoms with Crippen molar-refractivity contribution in [1.29, 1.82) is 0 Å². The molecule has 0 fully saturated rings. The minimum absolute atomic E-state index is 0.0905. The summed E-state index contributed by atoms with van der Waals surface area (Å²) >= 11 is 11.0. The normalized spacial score (nSPS) is 11.2. The number of sulfonamides is 1. The highest BCUT2D eigenvalue weighted by atomic mass is 35.5. The second kappa shape index (κ2) is 10.4. The molecule has 0 aliphatic carbocycles. The lowest BCUT2D eigenvalue weighted by molar-refractivity contribution is -0.115. The summed E-state index contributed by atoms with van der Waals surface area (Å²) in [7, 11) is -2.21. The zero-order chi connectivity index (χ0) is 23.1. The molecule has 6 nitrogen and oxygen atoms in total. The van der Waals surface area contributed by atoms with E-state index in [-0.39, 0.29) is 10.0 Å². The van der Waals surface area contributed by atoms with Crippen LogP contribution in [0.1, 0.15) is 5.56 Å². The SMILES string of the molecule is CN(c1ccccc1)S(=O)(=O)c1ccc(NC(=S)NC(=O)/C=C/c2ccc(Cl)cc2)cc1. The van der Waals surface area contributed by atoms with Gasteiger partial charge in [-0.05, 0) is 72.4 Å². The molecule has 0 radical (unpaired) electrons. The van der Waals surface area contributed by atoms with Crippen LogP contribution in [0.5, 0.6) is 0 Å². The van der Waals surface area contributed by atoms with E-state index in [2.05, 4.69) is 10.6 Å². The Hall–Kier alpha value is -3.20. The zero-order valence-electron chi connectivity index (χ0n) is 17.0. The molecule has 0 aliphatic rings. The van der Waals surface area contributed by atoms with Crippen LogP contribution in [0, 0.1) is 0 Å². The van der Waals surface area contributed by atoms with Crippen LogP contribution in [0.25, 0.3) is 6.08 Å². The van der Waals surface area contributed by atoms with Crippen LogP contribution in [-0.2, 0) is 14.8 Å². The lowest BCUT2D eigenvalue weighted by atomic mass is 10.2. The molecule has 32 heavy (non-hydrogen) atoms. The molecule has 164 valence electrons. The Morgan fingerprint density at radius 3 is 2.22 bits per heavy atom. The zero-order valence-corrected chi connectivity index (χ0v) is 19.4. The number of rotatable bonds is 6. The van der Waals surface area contributed by atoms with Crippen molar-refractivity contribution in [3.8, 4) is 0 Å². The number of thiocarbonyl (C=S) groups is 1. The first-order valence-electron chi connectivity index (χ1n) is 9.45. The molecule has 0 aliphatic heterocycles. The largest absolute Gasteiger partial charge is 0.332 e. The van der Waals surface area contributed by atoms with Crippen molar-refractivity contribution >= 4 is 62.3 Å². The molecule has 0 spiro atoms. The predicted molar refractivity (Wildman–Crippen MR) is 133 cm³/mol. The number of amides is 1. The number of carbonyl (C=O) groups excluding carboxylic acids is 1. The second-order valence-electron chi connectivity index (χ2n) is 6.66. The molecule has 3 aromatic carbocycles. The third-order valence-electron chi connectivity index (χ3n) is 4.42. The van der Waals surface area contributed by atoms with Gasteiger partial charge in [0.15, 0.2) is 5.11 Å². The highest BCUT2D eigenvalue weighted by Crippen LogP contribution is 2.22. The number of hydrogen-bond acceptors (Lipinski definition) is 4. The first kappa shape index (κ1) is 23.5. The van der Waals surface area contributed by atoms with E-state index in [0.29, 0.717) is 16.4 Å². The number of benzene rings is 3. The van der Waals surface area contributed by atoms with Gasteiger partial charge in [0, 0.05) is 23.8 Å². The number of para-hydroxylation sites is 1. The topological polar surface area (TPSA) is 78.5 Å². The van der Waals surface area contributed by atoms with Gasteiger partial charge in [0.1, 0.15) is 0 Å². The molecule has 2 N–H and O–H groups in total. The molecule has 3 aromatic rings. The molecule has 0 bridgehead atoms. The summed E-state index contributed by atoms with van der Waals surface area (Å²) in [6.45, 7) is 0. The lowest BCUT2D eigenvalue weighted by Crippen LogP contribution is -2.32. The van der Waals surface area contributed by atoms with Crippen molar-refractivity contribution in [3.05, 3.63) is 95.5 Å². The molecule has 0 atom stereocenters. The van der Waals surface area contributed by atoms with Gasteiger partial charge in [-0.25, -0.2) is 8.42 Å². The maximum atomic E-state index is 12.8. The van der Waals surface area contributed by atoms with E-state index in [1.807, 2.05) is 6.07 Å². The average molecular weight is 486 g/mol. The monoisotopic (exact) mass is 485 g/mol. The van der Waals surface area contributed by atoms with E-state index in [4.69, 9.17) is 23.8 Å². The Morgan fingerprint density at radius 2 is 1.59 bits per heavy atom. The quantitative estimate of drug-likeness (QED) is 0.391. The number of nitrogens with one attached hydrogen (secondary N) is 2. The van der Waals surface area contributed by atoms with Crippen molar-refractivity contribution in [1.82, 2.24) is 5.32 Å². The van der Waals surface area contributed by atoms with Crippen molar-refractivity contribution in [2.24, 2.45) is 0 Å². The number of carbonyl (C=O) groups is 1. The molecule has 0 unspecified atom stereocenters. The van der Waals surface area contributed by atoms with Crippen LogP contribution in [0.15, 0.2) is 89.8 Å². The molecule has 0 aromatic heterocycles. The Kier molecular flexibility index (Phi) is 7.63. The summed E-state index contributed by atoms with van der Waals surface area (Å²) in [6.07, 6.45) is 2.99. The summed E-state index contributed by atoms with van der Waals surface area (Å²) in [5.41, 5.74) is 1.92. The van der Waals surface area contributed by atoms with Gasteiger partial charge in [0.05, 0.1) is 10.6 Å². The van der Waals surface area contributed by atoms with Gasteiger partial charge < -0.3 is 5.32 Å². The average Bonchev–Trinajstić information content (AvgIpc) is 2.79. The van der Waals surface area contributed by atoms with Crippen LogP contribution in [0.4, 0.5) is 11.4 Å². The minimum atomic E-state index is -3.71. The third-order valence-corrected chi connectivity index (χ3v) is 6.68. The molecule has 0 heterocycles. The fourth-order valence-electron chi connectivity index (χ4n) is 2.71. The summed E-state index contributed by atoms with van der Waals surface area (Å²) in [5, 5.41) is 6.10. The van der Waals surface area contributed by atoms with E-state index in [1.165, 1.54) is 29.6 Å². The highest BCUT2D eigenvalue weighted by molar-refractivity contribution is 7.92. The summed E-state index contributed by atoms with van der Waals surface area (Å²) in [6, 6.07) is 21.9. The fourth-order valence-corrected chi connectivity index (χ4v) is 4.25. The van der Waals surface area contributed by atoms with Gasteiger partial charge in [-0.2, -0.15) is 0 Å². The Labute approximate surface area is 197 Å². The number of hydrogen-bond donors (Lipinski definition) is 2. The first-order chi connectivity index (χ1) is 15.3. The summed E-state index contributed by atoms with van der Waals surface area (Å²) < 4.78 is 26.9. The molecule has 9 heteroatoms. The van der Waals surface area contributed by atoms with Crippen molar-refractivity contribution < 1.29 is 13.2 Å². The van der Waals surface area contributed by atoms with Gasteiger partial charge in [-0.1, -0.05) is 41.9 Å². The van der Waals surface area contributed by atoms with Crippen LogP contribution >= 0.6 is 23.8 Å². The molecule has 1 amide bonds. The molecular weight excluding hydrogens is 466 g/mol. The van der Waals surface area contributed by atoms with Crippen molar-refractivity contribution in [3.63, 3.8) is 0 Å². The van der Waals surface area contributed by atoms with Gasteiger partial charge in [-0.15, -0.1) is 0 Å². The van der Waals surface area contributed by atoms with Crippen LogP contribution < -0.4 is 14.9 Å². The maximum absolute atomic E-state index is 12.8. The van der Waals surface area contributed by atoms with E-state index in [9.17, 15) is 13.2 Å². The Morgan fingerprint density at radius 1 is 0.969 bits per heavy atom.